The highest BCUT2D eigenvalue weighted by Gasteiger charge is 2.09. The fourth-order valence-electron chi connectivity index (χ4n) is 2.07. The first-order valence-electron chi connectivity index (χ1n) is 6.97. The highest BCUT2D eigenvalue weighted by atomic mass is 16.5. The Morgan fingerprint density at radius 2 is 1.81 bits per heavy atom. The Hall–Kier alpha value is -2.42. The molecule has 0 aliphatic heterocycles. The minimum absolute atomic E-state index is 0.302. The number of ketones is 1. The van der Waals surface area contributed by atoms with E-state index in [1.165, 1.54) is 5.56 Å². The lowest BCUT2D eigenvalue weighted by Gasteiger charge is -2.10. The molecule has 21 heavy (non-hydrogen) atoms. The van der Waals surface area contributed by atoms with E-state index in [-0.39, 0.29) is 5.78 Å². The molecule has 1 N–H and O–H groups in total. The van der Waals surface area contributed by atoms with Crippen LogP contribution in [0.3, 0.4) is 0 Å². The molecule has 0 saturated carbocycles. The SMILES string of the molecule is CC(C)c1ccc(OCc2ccccc2C(=O)C=N)cc1. The molecule has 0 aromatic heterocycles. The van der Waals surface area contributed by atoms with Crippen LogP contribution in [0.15, 0.2) is 48.5 Å². The van der Waals surface area contributed by atoms with Gasteiger partial charge in [-0.2, -0.15) is 0 Å². The maximum Gasteiger partial charge on any atom is 0.203 e. The summed E-state index contributed by atoms with van der Waals surface area (Å²) in [5.74, 6) is 0.964. The van der Waals surface area contributed by atoms with E-state index in [1.54, 1.807) is 12.1 Å². The quantitative estimate of drug-likeness (QED) is 0.636. The minimum Gasteiger partial charge on any atom is -0.489 e. The number of hydrogen-bond acceptors (Lipinski definition) is 3. The lowest BCUT2D eigenvalue weighted by atomic mass is 10.0. The standard InChI is InChI=1S/C18H19NO2/c1-13(2)14-7-9-16(10-8-14)21-12-15-5-3-4-6-17(15)18(20)11-19/h3-11,13,19H,12H2,1-2H3. The first-order chi connectivity index (χ1) is 10.1. The van der Waals surface area contributed by atoms with Gasteiger partial charge in [-0.15, -0.1) is 0 Å². The fourth-order valence-corrected chi connectivity index (χ4v) is 2.07. The molecule has 0 bridgehead atoms. The molecule has 0 amide bonds. The van der Waals surface area contributed by atoms with Crippen molar-refractivity contribution in [1.29, 1.82) is 5.41 Å². The first kappa shape index (κ1) is 15.0. The number of rotatable bonds is 6. The molecule has 0 saturated heterocycles. The summed E-state index contributed by atoms with van der Waals surface area (Å²) in [6, 6.07) is 15.2. The molecule has 2 aromatic carbocycles. The molecule has 3 heteroatoms. The summed E-state index contributed by atoms with van der Waals surface area (Å²) in [6.45, 7) is 4.61. The van der Waals surface area contributed by atoms with Crippen LogP contribution >= 0.6 is 0 Å². The van der Waals surface area contributed by atoms with Gasteiger partial charge in [0.25, 0.3) is 0 Å². The summed E-state index contributed by atoms with van der Waals surface area (Å²) in [6.07, 6.45) is 0.830. The van der Waals surface area contributed by atoms with E-state index < -0.39 is 0 Å². The molecular formula is C18H19NO2. The second-order valence-electron chi connectivity index (χ2n) is 5.18. The van der Waals surface area contributed by atoms with Crippen LogP contribution in [-0.2, 0) is 6.61 Å². The number of Topliss-reactive ketones (excluding diaryl/α,β-unsaturated/α-hetero) is 1. The Morgan fingerprint density at radius 3 is 2.43 bits per heavy atom. The van der Waals surface area contributed by atoms with E-state index in [0.29, 0.717) is 18.1 Å². The molecular weight excluding hydrogens is 262 g/mol. The van der Waals surface area contributed by atoms with Gasteiger partial charge in [-0.3, -0.25) is 4.79 Å². The fraction of sp³-hybridized carbons (Fsp3) is 0.222. The van der Waals surface area contributed by atoms with Crippen LogP contribution in [0.2, 0.25) is 0 Å². The van der Waals surface area contributed by atoms with E-state index >= 15 is 0 Å². The van der Waals surface area contributed by atoms with Crippen LogP contribution in [0.25, 0.3) is 0 Å². The Bertz CT molecular complexity index is 630. The van der Waals surface area contributed by atoms with E-state index in [9.17, 15) is 4.79 Å². The van der Waals surface area contributed by atoms with Crippen molar-refractivity contribution in [2.75, 3.05) is 0 Å². The molecule has 2 aromatic rings. The average molecular weight is 281 g/mol. The maximum atomic E-state index is 11.7. The highest BCUT2D eigenvalue weighted by molar-refractivity contribution is 6.34. The second kappa shape index (κ2) is 6.84. The third-order valence-corrected chi connectivity index (χ3v) is 3.36. The van der Waals surface area contributed by atoms with E-state index in [1.807, 2.05) is 24.3 Å². The molecule has 0 fully saturated rings. The van der Waals surface area contributed by atoms with Crippen molar-refractivity contribution in [1.82, 2.24) is 0 Å². The summed E-state index contributed by atoms with van der Waals surface area (Å²) in [4.78, 5) is 11.7. The zero-order chi connectivity index (χ0) is 15.2. The van der Waals surface area contributed by atoms with Gasteiger partial charge >= 0.3 is 0 Å². The van der Waals surface area contributed by atoms with Gasteiger partial charge in [-0.05, 0) is 23.6 Å². The van der Waals surface area contributed by atoms with Crippen LogP contribution in [0.5, 0.6) is 5.75 Å². The van der Waals surface area contributed by atoms with Crippen molar-refractivity contribution < 1.29 is 9.53 Å². The van der Waals surface area contributed by atoms with Crippen LogP contribution < -0.4 is 4.74 Å². The lowest BCUT2D eigenvalue weighted by Crippen LogP contribution is -2.06. The van der Waals surface area contributed by atoms with Crippen molar-refractivity contribution in [3.8, 4) is 5.75 Å². The van der Waals surface area contributed by atoms with Gasteiger partial charge in [0.05, 0.1) is 6.21 Å². The molecule has 0 heterocycles. The Balaban J connectivity index is 2.09. The predicted octanol–water partition coefficient (Wildman–Crippen LogP) is 4.22. The summed E-state index contributed by atoms with van der Waals surface area (Å²) in [5.41, 5.74) is 2.58. The number of ether oxygens (including phenoxy) is 1. The molecule has 0 atom stereocenters. The molecule has 0 radical (unpaired) electrons. The van der Waals surface area contributed by atoms with E-state index in [0.717, 1.165) is 17.5 Å². The summed E-state index contributed by atoms with van der Waals surface area (Å²) >= 11 is 0. The highest BCUT2D eigenvalue weighted by Crippen LogP contribution is 2.20. The van der Waals surface area contributed by atoms with Gasteiger partial charge in [0.15, 0.2) is 0 Å². The first-order valence-corrected chi connectivity index (χ1v) is 6.97. The number of nitrogens with one attached hydrogen (secondary N) is 1. The van der Waals surface area contributed by atoms with Gasteiger partial charge in [0, 0.05) is 11.1 Å². The van der Waals surface area contributed by atoms with Crippen molar-refractivity contribution in [3.63, 3.8) is 0 Å². The second-order valence-corrected chi connectivity index (χ2v) is 5.18. The van der Waals surface area contributed by atoms with E-state index in [2.05, 4.69) is 26.0 Å². The van der Waals surface area contributed by atoms with Crippen LogP contribution in [0, 0.1) is 5.41 Å². The summed E-state index contributed by atoms with van der Waals surface area (Å²) in [5, 5.41) is 7.09. The van der Waals surface area contributed by atoms with Crippen LogP contribution in [-0.4, -0.2) is 12.0 Å². The Kier molecular flexibility index (Phi) is 4.88. The maximum absolute atomic E-state index is 11.7. The van der Waals surface area contributed by atoms with Crippen LogP contribution in [0.4, 0.5) is 0 Å². The van der Waals surface area contributed by atoms with Crippen molar-refractivity contribution in [2.24, 2.45) is 0 Å². The van der Waals surface area contributed by atoms with Crippen molar-refractivity contribution in [3.05, 3.63) is 65.2 Å². The number of carbonyl (C=O) groups excluding carboxylic acids is 1. The largest absolute Gasteiger partial charge is 0.489 e. The topological polar surface area (TPSA) is 50.2 Å². The number of carbonyl (C=O) groups is 1. The normalized spacial score (nSPS) is 10.4. The van der Waals surface area contributed by atoms with Gasteiger partial charge in [-0.25, -0.2) is 0 Å². The number of hydrogen-bond donors (Lipinski definition) is 1. The molecule has 3 nitrogen and oxygen atoms in total. The molecule has 0 aliphatic carbocycles. The molecule has 0 spiro atoms. The smallest absolute Gasteiger partial charge is 0.203 e. The Morgan fingerprint density at radius 1 is 1.14 bits per heavy atom. The van der Waals surface area contributed by atoms with Gasteiger partial charge in [0.1, 0.15) is 12.4 Å². The van der Waals surface area contributed by atoms with Gasteiger partial charge in [0.2, 0.25) is 5.78 Å². The zero-order valence-electron chi connectivity index (χ0n) is 12.3. The van der Waals surface area contributed by atoms with Crippen molar-refractivity contribution >= 4 is 12.0 Å². The van der Waals surface area contributed by atoms with E-state index in [4.69, 9.17) is 10.1 Å². The van der Waals surface area contributed by atoms with Crippen LogP contribution in [0.1, 0.15) is 41.3 Å². The van der Waals surface area contributed by atoms with Crippen molar-refractivity contribution in [2.45, 2.75) is 26.4 Å². The minimum atomic E-state index is -0.302. The van der Waals surface area contributed by atoms with Gasteiger partial charge < -0.3 is 10.1 Å². The van der Waals surface area contributed by atoms with Gasteiger partial charge in [-0.1, -0.05) is 50.2 Å². The Labute approximate surface area is 125 Å². The third-order valence-electron chi connectivity index (χ3n) is 3.36. The molecule has 2 rings (SSSR count). The zero-order valence-corrected chi connectivity index (χ0v) is 12.3. The summed E-state index contributed by atoms with van der Waals surface area (Å²) in [7, 11) is 0. The predicted molar refractivity (Wildman–Crippen MR) is 84.4 cm³/mol. The number of benzene rings is 2. The monoisotopic (exact) mass is 281 g/mol. The average Bonchev–Trinajstić information content (AvgIpc) is 2.52. The molecule has 0 aliphatic rings. The summed E-state index contributed by atoms with van der Waals surface area (Å²) < 4.78 is 5.73. The third kappa shape index (κ3) is 3.78. The lowest BCUT2D eigenvalue weighted by molar-refractivity contribution is 0.106. The molecule has 0 unspecified atom stereocenters. The molecule has 108 valence electrons.